The zero-order chi connectivity index (χ0) is 27.3. The lowest BCUT2D eigenvalue weighted by Crippen LogP contribution is -2.41. The van der Waals surface area contributed by atoms with Gasteiger partial charge >= 0.3 is 12.1 Å². The Hall–Kier alpha value is -4.37. The van der Waals surface area contributed by atoms with Crippen molar-refractivity contribution in [3.8, 4) is 16.9 Å². The summed E-state index contributed by atoms with van der Waals surface area (Å²) < 4.78 is 41.9. The summed E-state index contributed by atoms with van der Waals surface area (Å²) in [5.41, 5.74) is 1.04. The standard InChI is InChI=1S/C28H21ClF3N3O3/c29-23-13-11-19(16-22(23)28(30,31)32)26-20(17-35(34-26)21-9-5-2-6-10-21)12-14-25(36)33-24(27(37)38)15-18-7-3-1-4-8-18/h1-14,16-17,24H,15H2,(H,33,36)(H,37,38)/t24-/m0/s1. The van der Waals surface area contributed by atoms with E-state index in [1.807, 2.05) is 6.07 Å². The molecule has 0 aliphatic carbocycles. The smallest absolute Gasteiger partial charge is 0.417 e. The summed E-state index contributed by atoms with van der Waals surface area (Å²) in [6.07, 6.45) is -0.528. The highest BCUT2D eigenvalue weighted by molar-refractivity contribution is 6.31. The van der Waals surface area contributed by atoms with E-state index in [1.54, 1.807) is 60.8 Å². The van der Waals surface area contributed by atoms with Crippen LogP contribution in [0.25, 0.3) is 23.0 Å². The number of para-hydroxylation sites is 1. The van der Waals surface area contributed by atoms with Crippen LogP contribution in [0.4, 0.5) is 13.2 Å². The molecule has 2 N–H and O–H groups in total. The maximum Gasteiger partial charge on any atom is 0.417 e. The monoisotopic (exact) mass is 539 g/mol. The molecule has 10 heteroatoms. The molecule has 3 aromatic carbocycles. The van der Waals surface area contributed by atoms with Gasteiger partial charge in [-0.25, -0.2) is 9.48 Å². The minimum Gasteiger partial charge on any atom is -0.480 e. The van der Waals surface area contributed by atoms with Crippen molar-refractivity contribution < 1.29 is 27.9 Å². The maximum atomic E-state index is 13.5. The first-order valence-corrected chi connectivity index (χ1v) is 11.8. The van der Waals surface area contributed by atoms with Crippen LogP contribution >= 0.6 is 11.6 Å². The Bertz CT molecular complexity index is 1470. The number of hydrogen-bond acceptors (Lipinski definition) is 3. The molecular weight excluding hydrogens is 519 g/mol. The Morgan fingerprint density at radius 2 is 1.68 bits per heavy atom. The van der Waals surface area contributed by atoms with Crippen LogP contribution in [0, 0.1) is 0 Å². The van der Waals surface area contributed by atoms with Gasteiger partial charge in [0.25, 0.3) is 0 Å². The van der Waals surface area contributed by atoms with Gasteiger partial charge in [0.05, 0.1) is 22.0 Å². The van der Waals surface area contributed by atoms with Crippen molar-refractivity contribution in [1.82, 2.24) is 15.1 Å². The first-order chi connectivity index (χ1) is 18.1. The molecule has 1 atom stereocenters. The Balaban J connectivity index is 1.65. The molecule has 1 aromatic heterocycles. The van der Waals surface area contributed by atoms with Crippen LogP contribution < -0.4 is 5.32 Å². The van der Waals surface area contributed by atoms with Gasteiger partial charge in [0, 0.05) is 29.8 Å². The van der Waals surface area contributed by atoms with Crippen molar-refractivity contribution in [1.29, 1.82) is 0 Å². The van der Waals surface area contributed by atoms with Gasteiger partial charge in [0.15, 0.2) is 0 Å². The first-order valence-electron chi connectivity index (χ1n) is 11.4. The second kappa shape index (κ2) is 11.4. The molecule has 1 heterocycles. The van der Waals surface area contributed by atoms with E-state index in [4.69, 9.17) is 11.6 Å². The molecule has 6 nitrogen and oxygen atoms in total. The van der Waals surface area contributed by atoms with Crippen molar-refractivity contribution in [2.75, 3.05) is 0 Å². The molecule has 194 valence electrons. The summed E-state index contributed by atoms with van der Waals surface area (Å²) in [7, 11) is 0. The number of halogens is 4. The Kier molecular flexibility index (Phi) is 7.97. The summed E-state index contributed by atoms with van der Waals surface area (Å²) >= 11 is 5.78. The van der Waals surface area contributed by atoms with Gasteiger partial charge in [-0.05, 0) is 35.9 Å². The number of carboxylic acid groups (broad SMARTS) is 1. The number of rotatable bonds is 8. The van der Waals surface area contributed by atoms with Crippen molar-refractivity contribution in [3.05, 3.63) is 113 Å². The molecular formula is C28H21ClF3N3O3. The molecule has 0 radical (unpaired) electrons. The number of aliphatic carboxylic acids is 1. The van der Waals surface area contributed by atoms with Gasteiger partial charge in [-0.3, -0.25) is 4.79 Å². The van der Waals surface area contributed by atoms with E-state index in [-0.39, 0.29) is 17.7 Å². The highest BCUT2D eigenvalue weighted by Crippen LogP contribution is 2.37. The summed E-state index contributed by atoms with van der Waals surface area (Å²) in [6, 6.07) is 20.0. The zero-order valence-electron chi connectivity index (χ0n) is 19.7. The quantitative estimate of drug-likeness (QED) is 0.268. The summed E-state index contributed by atoms with van der Waals surface area (Å²) in [5.74, 6) is -1.88. The van der Waals surface area contributed by atoms with E-state index >= 15 is 0 Å². The maximum absolute atomic E-state index is 13.5. The van der Waals surface area contributed by atoms with Gasteiger partial charge in [-0.1, -0.05) is 66.2 Å². The van der Waals surface area contributed by atoms with Gasteiger partial charge in [0.1, 0.15) is 6.04 Å². The second-order valence-electron chi connectivity index (χ2n) is 8.33. The molecule has 1 amide bonds. The Labute approximate surface area is 221 Å². The van der Waals surface area contributed by atoms with Crippen LogP contribution in [0.1, 0.15) is 16.7 Å². The van der Waals surface area contributed by atoms with E-state index in [0.717, 1.165) is 23.8 Å². The molecule has 0 unspecified atom stereocenters. The Morgan fingerprint density at radius 1 is 1.03 bits per heavy atom. The van der Waals surface area contributed by atoms with Crippen LogP contribution in [0.5, 0.6) is 0 Å². The number of nitrogens with zero attached hydrogens (tertiary/aromatic N) is 2. The van der Waals surface area contributed by atoms with Crippen LogP contribution in [0.15, 0.2) is 91.1 Å². The number of nitrogens with one attached hydrogen (secondary N) is 1. The highest BCUT2D eigenvalue weighted by Gasteiger charge is 2.33. The van der Waals surface area contributed by atoms with Gasteiger partial charge in [0.2, 0.25) is 5.91 Å². The number of aromatic nitrogens is 2. The van der Waals surface area contributed by atoms with E-state index in [0.29, 0.717) is 11.3 Å². The van der Waals surface area contributed by atoms with Crippen LogP contribution in [-0.2, 0) is 22.2 Å². The Morgan fingerprint density at radius 3 is 2.32 bits per heavy atom. The van der Waals surface area contributed by atoms with Crippen LogP contribution in [0.2, 0.25) is 5.02 Å². The molecule has 0 aliphatic heterocycles. The lowest BCUT2D eigenvalue weighted by atomic mass is 10.0. The average molecular weight is 540 g/mol. The van der Waals surface area contributed by atoms with Crippen molar-refractivity contribution in [2.24, 2.45) is 0 Å². The molecule has 0 saturated carbocycles. The van der Waals surface area contributed by atoms with Crippen molar-refractivity contribution >= 4 is 29.6 Å². The number of carboxylic acids is 1. The third kappa shape index (κ3) is 6.49. The van der Waals surface area contributed by atoms with E-state index in [1.165, 1.54) is 16.8 Å². The normalized spacial score (nSPS) is 12.4. The molecule has 0 bridgehead atoms. The summed E-state index contributed by atoms with van der Waals surface area (Å²) in [5, 5.41) is 16.0. The zero-order valence-corrected chi connectivity index (χ0v) is 20.4. The van der Waals surface area contributed by atoms with Gasteiger partial charge in [-0.2, -0.15) is 18.3 Å². The van der Waals surface area contributed by atoms with E-state index in [2.05, 4.69) is 10.4 Å². The fourth-order valence-corrected chi connectivity index (χ4v) is 4.00. The van der Waals surface area contributed by atoms with Crippen LogP contribution in [-0.4, -0.2) is 32.8 Å². The number of benzene rings is 3. The predicted octanol–water partition coefficient (Wildman–Crippen LogP) is 6.04. The number of amides is 1. The molecule has 0 spiro atoms. The average Bonchev–Trinajstić information content (AvgIpc) is 3.32. The summed E-state index contributed by atoms with van der Waals surface area (Å²) in [4.78, 5) is 24.3. The predicted molar refractivity (Wildman–Crippen MR) is 138 cm³/mol. The lowest BCUT2D eigenvalue weighted by molar-refractivity contribution is -0.141. The fraction of sp³-hybridized carbons (Fsp3) is 0.107. The third-order valence-corrected chi connectivity index (χ3v) is 5.95. The fourth-order valence-electron chi connectivity index (χ4n) is 3.77. The number of hydrogen-bond donors (Lipinski definition) is 2. The number of alkyl halides is 3. The minimum absolute atomic E-state index is 0.0813. The highest BCUT2D eigenvalue weighted by atomic mass is 35.5. The molecule has 4 rings (SSSR count). The molecule has 38 heavy (non-hydrogen) atoms. The van der Waals surface area contributed by atoms with E-state index in [9.17, 15) is 27.9 Å². The first kappa shape index (κ1) is 26.7. The number of carbonyl (C=O) groups excluding carboxylic acids is 1. The molecule has 4 aromatic rings. The SMILES string of the molecule is O=C(C=Cc1cn(-c2ccccc2)nc1-c1ccc(Cl)c(C(F)(F)F)c1)N[C@@H](Cc1ccccc1)C(=O)O. The van der Waals surface area contributed by atoms with Crippen LogP contribution in [0.3, 0.4) is 0 Å². The topological polar surface area (TPSA) is 84.2 Å². The lowest BCUT2D eigenvalue weighted by Gasteiger charge is -2.13. The van der Waals surface area contributed by atoms with Crippen molar-refractivity contribution in [3.63, 3.8) is 0 Å². The molecule has 0 saturated heterocycles. The number of carbonyl (C=O) groups is 2. The third-order valence-electron chi connectivity index (χ3n) is 5.62. The van der Waals surface area contributed by atoms with Gasteiger partial charge in [-0.15, -0.1) is 0 Å². The minimum atomic E-state index is -4.67. The second-order valence-corrected chi connectivity index (χ2v) is 8.74. The van der Waals surface area contributed by atoms with Gasteiger partial charge < -0.3 is 10.4 Å². The van der Waals surface area contributed by atoms with E-state index < -0.39 is 34.7 Å². The largest absolute Gasteiger partial charge is 0.480 e. The van der Waals surface area contributed by atoms with Crippen molar-refractivity contribution in [2.45, 2.75) is 18.6 Å². The summed E-state index contributed by atoms with van der Waals surface area (Å²) in [6.45, 7) is 0. The molecule has 0 fully saturated rings. The molecule has 0 aliphatic rings.